The zero-order chi connectivity index (χ0) is 5.82. The fraction of sp³-hybridized carbons (Fsp3) is 0.143. The van der Waals surface area contributed by atoms with Gasteiger partial charge in [0.05, 0.1) is 0 Å². The number of rotatable bonds is 2. The molecule has 0 N–H and O–H groups in total. The summed E-state index contributed by atoms with van der Waals surface area (Å²) in [4.78, 5) is 9.71. The minimum atomic E-state index is 0. The summed E-state index contributed by atoms with van der Waals surface area (Å²) in [7, 11) is 0. The van der Waals surface area contributed by atoms with E-state index in [-0.39, 0.29) is 51.0 Å². The van der Waals surface area contributed by atoms with Crippen LogP contribution in [0.3, 0.4) is 0 Å². The molecular formula is C7H6Cl2OZr. The van der Waals surface area contributed by atoms with Crippen molar-refractivity contribution in [1.29, 1.82) is 0 Å². The molecule has 0 bridgehead atoms. The number of hydrogen-bond donors (Lipinski definition) is 0. The summed E-state index contributed by atoms with van der Waals surface area (Å²) >= 11 is 0. The van der Waals surface area contributed by atoms with Gasteiger partial charge in [0, 0.05) is 0 Å². The van der Waals surface area contributed by atoms with Gasteiger partial charge in [0.2, 0.25) is 0 Å². The van der Waals surface area contributed by atoms with Crippen LogP contribution >= 0.6 is 0 Å². The predicted octanol–water partition coefficient (Wildman–Crippen LogP) is -4.81. The smallest absolute Gasteiger partial charge is 1.00 e. The van der Waals surface area contributed by atoms with Gasteiger partial charge in [0.1, 0.15) is 0 Å². The first-order valence-corrected chi connectivity index (χ1v) is 2.50. The van der Waals surface area contributed by atoms with Crippen LogP contribution in [0.2, 0.25) is 0 Å². The Morgan fingerprint density at radius 1 is 1.45 bits per heavy atom. The van der Waals surface area contributed by atoms with Crippen LogP contribution in [0.15, 0.2) is 23.8 Å². The first-order valence-electron chi connectivity index (χ1n) is 2.50. The van der Waals surface area contributed by atoms with Gasteiger partial charge in [-0.2, -0.15) is 6.08 Å². The number of hydrogen-bond acceptors (Lipinski definition) is 1. The van der Waals surface area contributed by atoms with Crippen molar-refractivity contribution in [3.63, 3.8) is 0 Å². The van der Waals surface area contributed by atoms with Crippen LogP contribution in [-0.2, 0) is 31.0 Å². The second-order valence-electron chi connectivity index (χ2n) is 1.64. The standard InChI is InChI=1S/C7H6O.2ClH.Zr/c8-6-5-7-3-1-2-4-7;;;/h1-3,5H,4H2;2*1H;/q-2;;;+4/p-2. The van der Waals surface area contributed by atoms with Gasteiger partial charge in [0.25, 0.3) is 0 Å². The van der Waals surface area contributed by atoms with Gasteiger partial charge in [0.15, 0.2) is 0 Å². The Morgan fingerprint density at radius 2 is 2.09 bits per heavy atom. The zero-order valence-electron chi connectivity index (χ0n) is 5.68. The van der Waals surface area contributed by atoms with Gasteiger partial charge in [-0.05, 0) is 0 Å². The van der Waals surface area contributed by atoms with Crippen molar-refractivity contribution in [3.05, 3.63) is 30.2 Å². The van der Waals surface area contributed by atoms with E-state index in [4.69, 9.17) is 0 Å². The minimum Gasteiger partial charge on any atom is -1.00 e. The van der Waals surface area contributed by atoms with Gasteiger partial charge in [-0.1, -0.05) is 0 Å². The van der Waals surface area contributed by atoms with Gasteiger partial charge in [-0.3, -0.25) is 6.08 Å². The average molecular weight is 268 g/mol. The maximum atomic E-state index is 9.71. The van der Waals surface area contributed by atoms with Crippen molar-refractivity contribution in [3.8, 4) is 0 Å². The Kier molecular flexibility index (Phi) is 16.7. The maximum Gasteiger partial charge on any atom is 4.00 e. The van der Waals surface area contributed by atoms with Crippen molar-refractivity contribution in [2.45, 2.75) is 6.42 Å². The molecule has 0 atom stereocenters. The van der Waals surface area contributed by atoms with Crippen LogP contribution in [0.5, 0.6) is 0 Å². The van der Waals surface area contributed by atoms with E-state index in [1.54, 1.807) is 6.29 Å². The summed E-state index contributed by atoms with van der Waals surface area (Å²) in [5.41, 5.74) is 1.04. The van der Waals surface area contributed by atoms with Crippen molar-refractivity contribution >= 4 is 6.29 Å². The molecule has 0 heterocycles. The van der Waals surface area contributed by atoms with Gasteiger partial charge < -0.3 is 41.6 Å². The first kappa shape index (κ1) is 17.5. The minimum absolute atomic E-state index is 0. The molecule has 1 aliphatic carbocycles. The second-order valence-corrected chi connectivity index (χ2v) is 1.64. The molecule has 11 heavy (non-hydrogen) atoms. The largest absolute Gasteiger partial charge is 4.00 e. The molecule has 0 saturated heterocycles. The zero-order valence-corrected chi connectivity index (χ0v) is 9.65. The molecule has 0 spiro atoms. The molecule has 0 fully saturated rings. The van der Waals surface area contributed by atoms with Crippen molar-refractivity contribution < 1.29 is 55.8 Å². The predicted molar refractivity (Wildman–Crippen MR) is 31.8 cm³/mol. The molecule has 0 unspecified atom stereocenters. The van der Waals surface area contributed by atoms with E-state index in [1.807, 2.05) is 18.2 Å². The van der Waals surface area contributed by atoms with Crippen molar-refractivity contribution in [1.82, 2.24) is 0 Å². The van der Waals surface area contributed by atoms with Crippen LogP contribution in [0.25, 0.3) is 0 Å². The normalized spacial score (nSPS) is 11.5. The van der Waals surface area contributed by atoms with Crippen LogP contribution in [-0.4, -0.2) is 6.29 Å². The summed E-state index contributed by atoms with van der Waals surface area (Å²) < 4.78 is 0. The van der Waals surface area contributed by atoms with E-state index in [9.17, 15) is 4.79 Å². The van der Waals surface area contributed by atoms with Crippen LogP contribution in [0.4, 0.5) is 0 Å². The molecule has 0 saturated carbocycles. The Morgan fingerprint density at radius 3 is 2.45 bits per heavy atom. The molecule has 0 aromatic rings. The molecule has 1 rings (SSSR count). The van der Waals surface area contributed by atoms with Gasteiger partial charge in [-0.15, -0.1) is 18.8 Å². The monoisotopic (exact) mass is 266 g/mol. The summed E-state index contributed by atoms with van der Waals surface area (Å²) in [5, 5.41) is 0. The third-order valence-electron chi connectivity index (χ3n) is 1.04. The van der Waals surface area contributed by atoms with E-state index in [0.717, 1.165) is 12.0 Å². The Balaban J connectivity index is -0.000000213. The Hall–Kier alpha value is 0.483. The molecule has 4 heteroatoms. The number of allylic oxidation sites excluding steroid dienone is 4. The van der Waals surface area contributed by atoms with E-state index >= 15 is 0 Å². The fourth-order valence-electron chi connectivity index (χ4n) is 0.647. The summed E-state index contributed by atoms with van der Waals surface area (Å²) in [6, 6.07) is 0. The SMILES string of the molecule is O=[C-][CH-]C1=CC=CC1.[Cl-].[Cl-].[Zr+4]. The molecule has 0 radical (unpaired) electrons. The van der Waals surface area contributed by atoms with Gasteiger partial charge >= 0.3 is 26.2 Å². The third kappa shape index (κ3) is 6.86. The molecule has 58 valence electrons. The molecule has 0 aromatic carbocycles. The van der Waals surface area contributed by atoms with E-state index in [1.165, 1.54) is 6.42 Å². The summed E-state index contributed by atoms with van der Waals surface area (Å²) in [6.07, 6.45) is 9.91. The molecule has 1 aliphatic rings. The Labute approximate surface area is 98.3 Å². The van der Waals surface area contributed by atoms with Crippen LogP contribution < -0.4 is 24.8 Å². The van der Waals surface area contributed by atoms with E-state index in [2.05, 4.69) is 0 Å². The fourth-order valence-corrected chi connectivity index (χ4v) is 0.647. The summed E-state index contributed by atoms with van der Waals surface area (Å²) in [6.45, 7) is 0. The van der Waals surface area contributed by atoms with Crippen molar-refractivity contribution in [2.24, 2.45) is 0 Å². The average Bonchev–Trinajstić information content (AvgIpc) is 2.19. The Bertz CT molecular complexity index is 155. The third-order valence-corrected chi connectivity index (χ3v) is 1.04. The van der Waals surface area contributed by atoms with Gasteiger partial charge in [-0.25, -0.2) is 0 Å². The van der Waals surface area contributed by atoms with E-state index in [0.29, 0.717) is 0 Å². The number of carbonyl (C=O) groups excluding carboxylic acids is 1. The maximum absolute atomic E-state index is 9.71. The van der Waals surface area contributed by atoms with Crippen molar-refractivity contribution in [2.75, 3.05) is 0 Å². The number of halogens is 2. The molecule has 0 aromatic heterocycles. The quantitative estimate of drug-likeness (QED) is 0.459. The van der Waals surface area contributed by atoms with E-state index < -0.39 is 0 Å². The molecule has 0 aliphatic heterocycles. The molecule has 0 amide bonds. The van der Waals surface area contributed by atoms with Crippen LogP contribution in [0.1, 0.15) is 6.42 Å². The topological polar surface area (TPSA) is 17.1 Å². The molecular weight excluding hydrogens is 262 g/mol. The van der Waals surface area contributed by atoms with Crippen LogP contribution in [0, 0.1) is 6.42 Å². The summed E-state index contributed by atoms with van der Waals surface area (Å²) in [5.74, 6) is 0. The second kappa shape index (κ2) is 10.5. The first-order chi connectivity index (χ1) is 3.93. The molecule has 1 nitrogen and oxygen atoms in total.